The van der Waals surface area contributed by atoms with Gasteiger partial charge in [-0.1, -0.05) is 12.1 Å². The van der Waals surface area contributed by atoms with Crippen LogP contribution >= 0.6 is 0 Å². The van der Waals surface area contributed by atoms with Crippen LogP contribution in [0, 0.1) is 6.92 Å². The molecule has 1 aliphatic rings. The van der Waals surface area contributed by atoms with Crippen molar-refractivity contribution in [3.8, 4) is 5.95 Å². The Morgan fingerprint density at radius 1 is 1.22 bits per heavy atom. The van der Waals surface area contributed by atoms with Gasteiger partial charge in [0.25, 0.3) is 5.95 Å². The molecule has 8 nitrogen and oxygen atoms in total. The summed E-state index contributed by atoms with van der Waals surface area (Å²) < 4.78 is 6.29. The minimum Gasteiger partial charge on any atom is -0.465 e. The van der Waals surface area contributed by atoms with E-state index in [2.05, 4.69) is 20.4 Å². The van der Waals surface area contributed by atoms with E-state index in [0.29, 0.717) is 23.8 Å². The summed E-state index contributed by atoms with van der Waals surface area (Å²) in [4.78, 5) is 32.4. The number of aryl methyl sites for hydroxylation is 1. The molecular weight excluding hydrogens is 346 g/mol. The predicted molar refractivity (Wildman–Crippen MR) is 96.8 cm³/mol. The van der Waals surface area contributed by atoms with Crippen molar-refractivity contribution in [3.05, 3.63) is 65.1 Å². The predicted octanol–water partition coefficient (Wildman–Crippen LogP) is 2.23. The van der Waals surface area contributed by atoms with Gasteiger partial charge in [-0.3, -0.25) is 4.79 Å². The molecule has 1 atom stereocenters. The zero-order valence-corrected chi connectivity index (χ0v) is 14.8. The molecule has 1 aromatic carbocycles. The normalized spacial score (nSPS) is 15.8. The Labute approximate surface area is 155 Å². The smallest absolute Gasteiger partial charge is 0.337 e. The minimum atomic E-state index is -0.395. The number of hydrogen-bond donors (Lipinski definition) is 1. The van der Waals surface area contributed by atoms with Gasteiger partial charge in [0, 0.05) is 30.3 Å². The first-order chi connectivity index (χ1) is 13.1. The van der Waals surface area contributed by atoms with Crippen molar-refractivity contribution in [1.82, 2.24) is 19.7 Å². The van der Waals surface area contributed by atoms with E-state index in [1.165, 1.54) is 7.11 Å². The Balaban J connectivity index is 1.79. The molecule has 0 saturated carbocycles. The maximum absolute atomic E-state index is 12.4. The molecule has 27 heavy (non-hydrogen) atoms. The van der Waals surface area contributed by atoms with E-state index in [1.807, 2.05) is 19.1 Å². The second-order valence-corrected chi connectivity index (χ2v) is 6.23. The summed E-state index contributed by atoms with van der Waals surface area (Å²) in [6.07, 6.45) is 3.55. The molecule has 0 radical (unpaired) electrons. The van der Waals surface area contributed by atoms with Crippen molar-refractivity contribution in [2.75, 3.05) is 12.4 Å². The molecule has 2 aromatic heterocycles. The first kappa shape index (κ1) is 16.9. The lowest BCUT2D eigenvalue weighted by atomic mass is 9.85. The number of nitrogens with zero attached hydrogens (tertiary/aromatic N) is 4. The van der Waals surface area contributed by atoms with E-state index in [-0.39, 0.29) is 11.8 Å². The zero-order valence-electron chi connectivity index (χ0n) is 14.8. The highest BCUT2D eigenvalue weighted by molar-refractivity contribution is 5.95. The summed E-state index contributed by atoms with van der Waals surface area (Å²) in [5.41, 5.74) is 3.11. The molecule has 136 valence electrons. The highest BCUT2D eigenvalue weighted by atomic mass is 16.5. The van der Waals surface area contributed by atoms with Crippen LogP contribution in [0.2, 0.25) is 0 Å². The summed E-state index contributed by atoms with van der Waals surface area (Å²) in [7, 11) is 1.34. The minimum absolute atomic E-state index is 0.110. The molecule has 1 aliphatic heterocycles. The van der Waals surface area contributed by atoms with Crippen LogP contribution in [0.3, 0.4) is 0 Å². The highest BCUT2D eigenvalue weighted by Crippen LogP contribution is 2.39. The maximum atomic E-state index is 12.4. The fourth-order valence-corrected chi connectivity index (χ4v) is 3.35. The van der Waals surface area contributed by atoms with Crippen LogP contribution in [0.25, 0.3) is 5.95 Å². The highest BCUT2D eigenvalue weighted by Gasteiger charge is 2.33. The van der Waals surface area contributed by atoms with Gasteiger partial charge in [-0.05, 0) is 30.7 Å². The van der Waals surface area contributed by atoms with E-state index < -0.39 is 5.97 Å². The topological polar surface area (TPSA) is 99.0 Å². The number of anilines is 1. The van der Waals surface area contributed by atoms with Crippen molar-refractivity contribution in [1.29, 1.82) is 0 Å². The van der Waals surface area contributed by atoms with Gasteiger partial charge in [-0.2, -0.15) is 9.78 Å². The number of carbonyl (C=O) groups excluding carboxylic acids is 2. The van der Waals surface area contributed by atoms with Gasteiger partial charge < -0.3 is 10.1 Å². The number of benzene rings is 1. The van der Waals surface area contributed by atoms with Gasteiger partial charge in [0.2, 0.25) is 5.91 Å². The van der Waals surface area contributed by atoms with Gasteiger partial charge in [-0.15, -0.1) is 0 Å². The van der Waals surface area contributed by atoms with Crippen LogP contribution in [-0.2, 0) is 9.53 Å². The molecule has 0 spiro atoms. The fourth-order valence-electron chi connectivity index (χ4n) is 3.35. The molecule has 0 bridgehead atoms. The molecule has 3 heterocycles. The van der Waals surface area contributed by atoms with Crippen LogP contribution in [0.4, 0.5) is 5.82 Å². The average Bonchev–Trinajstić information content (AvgIpc) is 3.04. The number of esters is 1. The fraction of sp³-hybridized carbons (Fsp3) is 0.211. The van der Waals surface area contributed by atoms with E-state index >= 15 is 0 Å². The van der Waals surface area contributed by atoms with E-state index in [1.54, 1.807) is 35.3 Å². The number of fused-ring (bicyclic) bond motifs is 1. The third kappa shape index (κ3) is 2.95. The van der Waals surface area contributed by atoms with Crippen LogP contribution in [0.1, 0.15) is 39.5 Å². The molecule has 0 unspecified atom stereocenters. The van der Waals surface area contributed by atoms with Crippen molar-refractivity contribution >= 4 is 17.7 Å². The number of rotatable bonds is 3. The lowest BCUT2D eigenvalue weighted by Crippen LogP contribution is -2.25. The Morgan fingerprint density at radius 3 is 2.59 bits per heavy atom. The van der Waals surface area contributed by atoms with Gasteiger partial charge in [0.1, 0.15) is 5.82 Å². The molecule has 4 rings (SSSR count). The van der Waals surface area contributed by atoms with Crippen LogP contribution in [0.15, 0.2) is 42.7 Å². The largest absolute Gasteiger partial charge is 0.465 e. The van der Waals surface area contributed by atoms with Crippen molar-refractivity contribution in [2.45, 2.75) is 19.3 Å². The second kappa shape index (κ2) is 6.64. The number of hydrogen-bond acceptors (Lipinski definition) is 6. The molecule has 3 aromatic rings. The van der Waals surface area contributed by atoms with E-state index in [0.717, 1.165) is 16.8 Å². The zero-order chi connectivity index (χ0) is 19.0. The van der Waals surface area contributed by atoms with Crippen LogP contribution in [-0.4, -0.2) is 38.7 Å². The Morgan fingerprint density at radius 2 is 1.93 bits per heavy atom. The first-order valence-electron chi connectivity index (χ1n) is 8.43. The van der Waals surface area contributed by atoms with Gasteiger partial charge in [-0.25, -0.2) is 14.8 Å². The summed E-state index contributed by atoms with van der Waals surface area (Å²) in [5, 5.41) is 7.43. The summed E-state index contributed by atoms with van der Waals surface area (Å²) in [5.74, 6) is 0.300. The molecule has 0 aliphatic carbocycles. The Kier molecular flexibility index (Phi) is 4.15. The maximum Gasteiger partial charge on any atom is 0.337 e. The third-order valence-corrected chi connectivity index (χ3v) is 4.58. The van der Waals surface area contributed by atoms with E-state index in [9.17, 15) is 9.59 Å². The standard InChI is InChI=1S/C19H17N5O3/c1-11-16-14(12-4-6-13(7-5-12)18(26)27-2)10-15(25)22-17(16)24(23-11)19-20-8-3-9-21-19/h3-9,14H,10H2,1-2H3,(H,22,25)/t14-/m0/s1. The number of nitrogens with one attached hydrogen (secondary N) is 1. The summed E-state index contributed by atoms with van der Waals surface area (Å²) in [6.45, 7) is 1.89. The number of amides is 1. The lowest BCUT2D eigenvalue weighted by Gasteiger charge is -2.24. The van der Waals surface area contributed by atoms with Gasteiger partial charge in [0.05, 0.1) is 18.4 Å². The number of ether oxygens (including phenoxy) is 1. The van der Waals surface area contributed by atoms with Crippen molar-refractivity contribution in [2.24, 2.45) is 0 Å². The number of aromatic nitrogens is 4. The van der Waals surface area contributed by atoms with Crippen LogP contribution < -0.4 is 5.32 Å². The molecular formula is C19H17N5O3. The lowest BCUT2D eigenvalue weighted by molar-refractivity contribution is -0.116. The summed E-state index contributed by atoms with van der Waals surface area (Å²) in [6, 6.07) is 8.81. The Bertz CT molecular complexity index is 1010. The molecule has 8 heteroatoms. The second-order valence-electron chi connectivity index (χ2n) is 6.23. The quantitative estimate of drug-likeness (QED) is 0.717. The van der Waals surface area contributed by atoms with Crippen LogP contribution in [0.5, 0.6) is 0 Å². The number of carbonyl (C=O) groups is 2. The summed E-state index contributed by atoms with van der Waals surface area (Å²) >= 11 is 0. The molecule has 0 saturated heterocycles. The van der Waals surface area contributed by atoms with Gasteiger partial charge >= 0.3 is 5.97 Å². The third-order valence-electron chi connectivity index (χ3n) is 4.58. The van der Waals surface area contributed by atoms with Gasteiger partial charge in [0.15, 0.2) is 0 Å². The Hall–Kier alpha value is -3.55. The van der Waals surface area contributed by atoms with E-state index in [4.69, 9.17) is 4.74 Å². The molecule has 1 amide bonds. The monoisotopic (exact) mass is 363 g/mol. The molecule has 1 N–H and O–H groups in total. The first-order valence-corrected chi connectivity index (χ1v) is 8.43. The SMILES string of the molecule is COC(=O)c1ccc([C@@H]2CC(=O)Nc3c2c(C)nn3-c2ncccn2)cc1. The average molecular weight is 363 g/mol. The van der Waals surface area contributed by atoms with Crippen molar-refractivity contribution < 1.29 is 14.3 Å². The molecule has 0 fully saturated rings. The van der Waals surface area contributed by atoms with Crippen molar-refractivity contribution in [3.63, 3.8) is 0 Å². The number of methoxy groups -OCH3 is 1.